The summed E-state index contributed by atoms with van der Waals surface area (Å²) in [6.45, 7) is 0. The van der Waals surface area contributed by atoms with Crippen molar-refractivity contribution in [1.82, 2.24) is 0 Å². The number of rotatable bonds is 3. The summed E-state index contributed by atoms with van der Waals surface area (Å²) in [4.78, 5) is 0. The van der Waals surface area contributed by atoms with Crippen LogP contribution >= 0.6 is 23.2 Å². The highest BCUT2D eigenvalue weighted by Crippen LogP contribution is 2.19. The molecule has 0 bridgehead atoms. The second-order valence-corrected chi connectivity index (χ2v) is 3.45. The predicted octanol–water partition coefficient (Wildman–Crippen LogP) is 3.09. The van der Waals surface area contributed by atoms with Gasteiger partial charge in [-0.05, 0) is 36.6 Å². The predicted molar refractivity (Wildman–Crippen MR) is 54.9 cm³/mol. The molecule has 0 atom stereocenters. The van der Waals surface area contributed by atoms with Crippen molar-refractivity contribution in [2.24, 2.45) is 0 Å². The number of nitrogen functional groups attached to an aromatic ring is 1. The normalized spacial score (nSPS) is 10.2. The van der Waals surface area contributed by atoms with E-state index in [0.29, 0.717) is 5.88 Å². The van der Waals surface area contributed by atoms with E-state index in [-0.39, 0.29) is 0 Å². The molecule has 66 valence electrons. The second-order valence-electron chi connectivity index (χ2n) is 2.64. The molecule has 0 saturated carbocycles. The van der Waals surface area contributed by atoms with Gasteiger partial charge in [0.15, 0.2) is 0 Å². The summed E-state index contributed by atoms with van der Waals surface area (Å²) in [5.74, 6) is 0.659. The molecule has 0 aliphatic heterocycles. The summed E-state index contributed by atoms with van der Waals surface area (Å²) in [6.07, 6.45) is 1.84. The molecule has 0 unspecified atom stereocenters. The van der Waals surface area contributed by atoms with Gasteiger partial charge in [0, 0.05) is 16.6 Å². The lowest BCUT2D eigenvalue weighted by molar-refractivity contribution is 0.931. The summed E-state index contributed by atoms with van der Waals surface area (Å²) in [5, 5.41) is 0.730. The summed E-state index contributed by atoms with van der Waals surface area (Å²) >= 11 is 11.4. The highest BCUT2D eigenvalue weighted by Gasteiger charge is 1.99. The molecule has 0 fully saturated rings. The maximum atomic E-state index is 5.81. The molecular weight excluding hydrogens is 193 g/mol. The van der Waals surface area contributed by atoms with Crippen LogP contribution in [-0.4, -0.2) is 5.88 Å². The summed E-state index contributed by atoms with van der Waals surface area (Å²) in [7, 11) is 0. The monoisotopic (exact) mass is 203 g/mol. The number of hydrogen-bond acceptors (Lipinski definition) is 1. The van der Waals surface area contributed by atoms with Gasteiger partial charge in [0.2, 0.25) is 0 Å². The Kier molecular flexibility index (Phi) is 3.70. The third kappa shape index (κ3) is 2.58. The molecule has 0 spiro atoms. The first kappa shape index (κ1) is 9.69. The van der Waals surface area contributed by atoms with Gasteiger partial charge in [-0.15, -0.1) is 11.6 Å². The van der Waals surface area contributed by atoms with Crippen LogP contribution in [0.2, 0.25) is 5.02 Å². The zero-order valence-corrected chi connectivity index (χ0v) is 8.20. The lowest BCUT2D eigenvalue weighted by atomic mass is 10.1. The van der Waals surface area contributed by atoms with Crippen molar-refractivity contribution in [3.63, 3.8) is 0 Å². The van der Waals surface area contributed by atoms with E-state index < -0.39 is 0 Å². The smallest absolute Gasteiger partial charge is 0.0410 e. The summed E-state index contributed by atoms with van der Waals surface area (Å²) < 4.78 is 0. The number of aryl methyl sites for hydroxylation is 1. The molecule has 0 radical (unpaired) electrons. The fraction of sp³-hybridized carbons (Fsp3) is 0.333. The molecule has 2 N–H and O–H groups in total. The Morgan fingerprint density at radius 2 is 2.08 bits per heavy atom. The van der Waals surface area contributed by atoms with E-state index in [4.69, 9.17) is 28.9 Å². The molecule has 0 aliphatic rings. The van der Waals surface area contributed by atoms with E-state index >= 15 is 0 Å². The Labute approximate surface area is 82.5 Å². The number of halogens is 2. The largest absolute Gasteiger partial charge is 0.399 e. The van der Waals surface area contributed by atoms with E-state index in [1.807, 2.05) is 12.1 Å². The fourth-order valence-corrected chi connectivity index (χ4v) is 1.38. The minimum absolute atomic E-state index is 0.659. The average molecular weight is 204 g/mol. The SMILES string of the molecule is Nc1ccc(Cl)cc1CCCCl. The summed E-state index contributed by atoms with van der Waals surface area (Å²) in [5.41, 5.74) is 7.61. The first-order chi connectivity index (χ1) is 5.74. The molecule has 1 aromatic carbocycles. The van der Waals surface area contributed by atoms with Crippen molar-refractivity contribution < 1.29 is 0 Å². The van der Waals surface area contributed by atoms with E-state index in [1.165, 1.54) is 0 Å². The van der Waals surface area contributed by atoms with Gasteiger partial charge in [-0.3, -0.25) is 0 Å². The van der Waals surface area contributed by atoms with Crippen LogP contribution < -0.4 is 5.73 Å². The third-order valence-corrected chi connectivity index (χ3v) is 2.19. The molecule has 0 aromatic heterocycles. The fourth-order valence-electron chi connectivity index (χ4n) is 1.05. The molecule has 3 heteroatoms. The molecule has 1 rings (SSSR count). The Morgan fingerprint density at radius 3 is 2.75 bits per heavy atom. The number of nitrogens with two attached hydrogens (primary N) is 1. The van der Waals surface area contributed by atoms with Crippen LogP contribution in [0.5, 0.6) is 0 Å². The second kappa shape index (κ2) is 4.58. The maximum Gasteiger partial charge on any atom is 0.0410 e. The molecule has 0 aliphatic carbocycles. The maximum absolute atomic E-state index is 5.81. The zero-order chi connectivity index (χ0) is 8.97. The van der Waals surface area contributed by atoms with Gasteiger partial charge in [0.25, 0.3) is 0 Å². The van der Waals surface area contributed by atoms with Crippen LogP contribution in [0.1, 0.15) is 12.0 Å². The molecule has 1 aromatic rings. The Bertz CT molecular complexity index is 261. The van der Waals surface area contributed by atoms with Crippen molar-refractivity contribution in [1.29, 1.82) is 0 Å². The molecular formula is C9H11Cl2N. The Balaban J connectivity index is 2.75. The Hall–Kier alpha value is -0.400. The van der Waals surface area contributed by atoms with Gasteiger partial charge < -0.3 is 5.73 Å². The van der Waals surface area contributed by atoms with Crippen LogP contribution in [0.3, 0.4) is 0 Å². The highest BCUT2D eigenvalue weighted by atomic mass is 35.5. The van der Waals surface area contributed by atoms with E-state index in [0.717, 1.165) is 29.1 Å². The van der Waals surface area contributed by atoms with Crippen LogP contribution in [0, 0.1) is 0 Å². The number of alkyl halides is 1. The molecule has 0 saturated heterocycles. The highest BCUT2D eigenvalue weighted by molar-refractivity contribution is 6.30. The standard InChI is InChI=1S/C9H11Cl2N/c10-5-1-2-7-6-8(11)3-4-9(7)12/h3-4,6H,1-2,5,12H2. The van der Waals surface area contributed by atoms with E-state index in [2.05, 4.69) is 0 Å². The quantitative estimate of drug-likeness (QED) is 0.594. The average Bonchev–Trinajstić information content (AvgIpc) is 2.07. The number of hydrogen-bond donors (Lipinski definition) is 1. The topological polar surface area (TPSA) is 26.0 Å². The number of anilines is 1. The van der Waals surface area contributed by atoms with Crippen LogP contribution in [-0.2, 0) is 6.42 Å². The van der Waals surface area contributed by atoms with Crippen molar-refractivity contribution in [2.45, 2.75) is 12.8 Å². The van der Waals surface area contributed by atoms with E-state index in [1.54, 1.807) is 6.07 Å². The number of benzene rings is 1. The lowest BCUT2D eigenvalue weighted by Crippen LogP contribution is -1.94. The van der Waals surface area contributed by atoms with Gasteiger partial charge in [0.05, 0.1) is 0 Å². The van der Waals surface area contributed by atoms with Crippen molar-refractivity contribution >= 4 is 28.9 Å². The minimum Gasteiger partial charge on any atom is -0.399 e. The van der Waals surface area contributed by atoms with Gasteiger partial charge in [-0.2, -0.15) is 0 Å². The molecule has 0 heterocycles. The molecule has 12 heavy (non-hydrogen) atoms. The van der Waals surface area contributed by atoms with Crippen molar-refractivity contribution in [3.05, 3.63) is 28.8 Å². The van der Waals surface area contributed by atoms with Crippen LogP contribution in [0.25, 0.3) is 0 Å². The van der Waals surface area contributed by atoms with Crippen LogP contribution in [0.4, 0.5) is 5.69 Å². The van der Waals surface area contributed by atoms with Gasteiger partial charge in [-0.1, -0.05) is 11.6 Å². The van der Waals surface area contributed by atoms with Gasteiger partial charge in [0.1, 0.15) is 0 Å². The van der Waals surface area contributed by atoms with Crippen molar-refractivity contribution in [3.8, 4) is 0 Å². The summed E-state index contributed by atoms with van der Waals surface area (Å²) in [6, 6.07) is 5.51. The van der Waals surface area contributed by atoms with Gasteiger partial charge in [-0.25, -0.2) is 0 Å². The Morgan fingerprint density at radius 1 is 1.33 bits per heavy atom. The van der Waals surface area contributed by atoms with Gasteiger partial charge >= 0.3 is 0 Å². The zero-order valence-electron chi connectivity index (χ0n) is 6.69. The lowest BCUT2D eigenvalue weighted by Gasteiger charge is -2.04. The first-order valence-corrected chi connectivity index (χ1v) is 4.75. The minimum atomic E-state index is 0.659. The van der Waals surface area contributed by atoms with Crippen LogP contribution in [0.15, 0.2) is 18.2 Å². The molecule has 0 amide bonds. The van der Waals surface area contributed by atoms with Crippen molar-refractivity contribution in [2.75, 3.05) is 11.6 Å². The molecule has 1 nitrogen and oxygen atoms in total. The first-order valence-electron chi connectivity index (χ1n) is 3.84. The van der Waals surface area contributed by atoms with E-state index in [9.17, 15) is 0 Å². The third-order valence-electron chi connectivity index (χ3n) is 1.68.